The van der Waals surface area contributed by atoms with E-state index in [1.165, 1.54) is 0 Å². The largest absolute Gasteiger partial charge is 0.481 e. The van der Waals surface area contributed by atoms with E-state index >= 15 is 0 Å². The first-order chi connectivity index (χ1) is 19.3. The second kappa shape index (κ2) is 15.6. The number of carbonyl (C=O) groups excluding carboxylic acids is 1. The van der Waals surface area contributed by atoms with E-state index in [1.54, 1.807) is 0 Å². The van der Waals surface area contributed by atoms with Gasteiger partial charge in [0, 0.05) is 43.3 Å². The highest BCUT2D eigenvalue weighted by molar-refractivity contribution is 5.85. The van der Waals surface area contributed by atoms with Crippen molar-refractivity contribution in [2.75, 3.05) is 26.4 Å². The standard InChI is InChI=1S/C31H48O9/c1-31(2)20-37-30(38-21-31)25(39-28-13-7-9-17-35-28)16-15-23-22(11-5-3-4-6-12-27(33)34)24(32)19-26(23)40-29-14-8-10-18-36-29/h3,5,15-16,22-23,25-26,28-30H,4,6-14,17-21H2,1-2H3,(H,33,34)/b5-3-,16-15+/t22-,23-,25-,26-,28?,29?/m1/s1. The molecule has 0 spiro atoms. The van der Waals surface area contributed by atoms with Crippen molar-refractivity contribution in [3.63, 3.8) is 0 Å². The molecule has 6 atom stereocenters. The molecule has 3 aliphatic heterocycles. The fourth-order valence-corrected chi connectivity index (χ4v) is 5.72. The maximum absolute atomic E-state index is 13.2. The van der Waals surface area contributed by atoms with Crippen molar-refractivity contribution in [3.8, 4) is 0 Å². The maximum Gasteiger partial charge on any atom is 0.303 e. The zero-order valence-corrected chi connectivity index (χ0v) is 24.2. The molecular formula is C31H48O9. The highest BCUT2D eigenvalue weighted by Gasteiger charge is 2.43. The molecule has 1 N–H and O–H groups in total. The van der Waals surface area contributed by atoms with E-state index in [4.69, 9.17) is 33.5 Å². The third-order valence-corrected chi connectivity index (χ3v) is 8.01. The van der Waals surface area contributed by atoms with E-state index in [0.29, 0.717) is 52.1 Å². The molecule has 4 aliphatic rings. The molecule has 0 radical (unpaired) electrons. The van der Waals surface area contributed by atoms with E-state index < -0.39 is 18.4 Å². The van der Waals surface area contributed by atoms with Gasteiger partial charge in [0.25, 0.3) is 0 Å². The Morgan fingerprint density at radius 2 is 1.73 bits per heavy atom. The number of rotatable bonds is 13. The fraction of sp³-hybridized carbons (Fsp3) is 0.806. The Morgan fingerprint density at radius 3 is 2.38 bits per heavy atom. The summed E-state index contributed by atoms with van der Waals surface area (Å²) >= 11 is 0. The van der Waals surface area contributed by atoms with Crippen LogP contribution in [0.3, 0.4) is 0 Å². The third-order valence-electron chi connectivity index (χ3n) is 8.01. The van der Waals surface area contributed by atoms with Gasteiger partial charge < -0.3 is 33.5 Å². The number of Topliss-reactive ketones (excluding diaryl/α,β-unsaturated/α-hetero) is 1. The van der Waals surface area contributed by atoms with E-state index in [9.17, 15) is 9.59 Å². The first-order valence-corrected chi connectivity index (χ1v) is 15.2. The highest BCUT2D eigenvalue weighted by atomic mass is 16.7. The molecule has 40 heavy (non-hydrogen) atoms. The zero-order chi connectivity index (χ0) is 28.4. The summed E-state index contributed by atoms with van der Waals surface area (Å²) < 4.78 is 36.7. The molecule has 9 nitrogen and oxygen atoms in total. The van der Waals surface area contributed by atoms with Crippen LogP contribution in [-0.4, -0.2) is 74.4 Å². The normalized spacial score (nSPS) is 32.6. The minimum Gasteiger partial charge on any atom is -0.481 e. The molecule has 1 saturated carbocycles. The maximum atomic E-state index is 13.2. The molecule has 3 heterocycles. The summed E-state index contributed by atoms with van der Waals surface area (Å²) in [7, 11) is 0. The van der Waals surface area contributed by atoms with Gasteiger partial charge in [-0.15, -0.1) is 0 Å². The minimum atomic E-state index is -0.792. The number of unbranched alkanes of at least 4 members (excludes halogenated alkanes) is 1. The van der Waals surface area contributed by atoms with Crippen LogP contribution in [0.1, 0.15) is 84.5 Å². The first kappa shape index (κ1) is 31.3. The lowest BCUT2D eigenvalue weighted by atomic mass is 9.90. The lowest BCUT2D eigenvalue weighted by Crippen LogP contribution is -2.45. The molecular weight excluding hydrogens is 516 g/mol. The number of carbonyl (C=O) groups is 2. The molecule has 1 aliphatic carbocycles. The Labute approximate surface area is 238 Å². The summed E-state index contributed by atoms with van der Waals surface area (Å²) in [5.41, 5.74) is -0.0647. The number of hydrogen-bond donors (Lipinski definition) is 1. The summed E-state index contributed by atoms with van der Waals surface area (Å²) in [6.45, 7) is 6.71. The second-order valence-corrected chi connectivity index (χ2v) is 12.3. The monoisotopic (exact) mass is 564 g/mol. The predicted octanol–water partition coefficient (Wildman–Crippen LogP) is 5.17. The van der Waals surface area contributed by atoms with Crippen LogP contribution in [0.2, 0.25) is 0 Å². The molecule has 0 aromatic heterocycles. The van der Waals surface area contributed by atoms with Crippen LogP contribution in [0.25, 0.3) is 0 Å². The van der Waals surface area contributed by atoms with Gasteiger partial charge in [0.2, 0.25) is 0 Å². The molecule has 9 heteroatoms. The Kier molecular flexibility index (Phi) is 12.2. The summed E-state index contributed by atoms with van der Waals surface area (Å²) in [4.78, 5) is 24.0. The van der Waals surface area contributed by atoms with Gasteiger partial charge in [-0.05, 0) is 57.8 Å². The van der Waals surface area contributed by atoms with Gasteiger partial charge in [-0.25, -0.2) is 0 Å². The Hall–Kier alpha value is -1.62. The number of allylic oxidation sites excluding steroid dienone is 2. The van der Waals surface area contributed by atoms with Gasteiger partial charge in [0.15, 0.2) is 18.9 Å². The fourth-order valence-electron chi connectivity index (χ4n) is 5.72. The predicted molar refractivity (Wildman–Crippen MR) is 147 cm³/mol. The molecule has 226 valence electrons. The Balaban J connectivity index is 1.47. The van der Waals surface area contributed by atoms with E-state index in [1.807, 2.05) is 18.2 Å². The lowest BCUT2D eigenvalue weighted by Gasteiger charge is -2.38. The van der Waals surface area contributed by atoms with Crippen molar-refractivity contribution in [2.45, 2.75) is 116 Å². The van der Waals surface area contributed by atoms with Crippen molar-refractivity contribution < 1.29 is 43.1 Å². The van der Waals surface area contributed by atoms with Crippen LogP contribution >= 0.6 is 0 Å². The number of hydrogen-bond acceptors (Lipinski definition) is 8. The molecule has 4 rings (SSSR count). The van der Waals surface area contributed by atoms with Crippen molar-refractivity contribution >= 4 is 11.8 Å². The average Bonchev–Trinajstić information content (AvgIpc) is 3.22. The summed E-state index contributed by atoms with van der Waals surface area (Å²) in [5, 5.41) is 8.87. The van der Waals surface area contributed by atoms with Crippen molar-refractivity contribution in [1.82, 2.24) is 0 Å². The second-order valence-electron chi connectivity index (χ2n) is 12.3. The van der Waals surface area contributed by atoms with Gasteiger partial charge in [-0.3, -0.25) is 9.59 Å². The van der Waals surface area contributed by atoms with E-state index in [-0.39, 0.29) is 48.1 Å². The molecule has 0 aromatic carbocycles. The summed E-state index contributed by atoms with van der Waals surface area (Å²) in [5.74, 6) is -1.01. The number of ether oxygens (including phenoxy) is 6. The summed E-state index contributed by atoms with van der Waals surface area (Å²) in [6, 6.07) is 0. The van der Waals surface area contributed by atoms with Crippen molar-refractivity contribution in [3.05, 3.63) is 24.3 Å². The number of ketones is 1. The van der Waals surface area contributed by atoms with Crippen molar-refractivity contribution in [1.29, 1.82) is 0 Å². The van der Waals surface area contributed by atoms with Crippen LogP contribution in [0.15, 0.2) is 24.3 Å². The quantitative estimate of drug-likeness (QED) is 0.239. The van der Waals surface area contributed by atoms with Crippen molar-refractivity contribution in [2.24, 2.45) is 17.3 Å². The lowest BCUT2D eigenvalue weighted by molar-refractivity contribution is -0.284. The zero-order valence-electron chi connectivity index (χ0n) is 24.2. The number of aliphatic carboxylic acids is 1. The van der Waals surface area contributed by atoms with Crippen LogP contribution in [0, 0.1) is 17.3 Å². The highest BCUT2D eigenvalue weighted by Crippen LogP contribution is 2.37. The summed E-state index contributed by atoms with van der Waals surface area (Å²) in [6.07, 6.45) is 14.2. The van der Waals surface area contributed by atoms with Gasteiger partial charge >= 0.3 is 5.97 Å². The van der Waals surface area contributed by atoms with Crippen LogP contribution < -0.4 is 0 Å². The van der Waals surface area contributed by atoms with Crippen LogP contribution in [-0.2, 0) is 38.0 Å². The van der Waals surface area contributed by atoms with Gasteiger partial charge in [0.05, 0.1) is 19.3 Å². The van der Waals surface area contributed by atoms with Crippen LogP contribution in [0.4, 0.5) is 0 Å². The molecule has 4 fully saturated rings. The third kappa shape index (κ3) is 9.74. The van der Waals surface area contributed by atoms with E-state index in [0.717, 1.165) is 38.5 Å². The van der Waals surface area contributed by atoms with Crippen LogP contribution in [0.5, 0.6) is 0 Å². The van der Waals surface area contributed by atoms with Gasteiger partial charge in [-0.1, -0.05) is 38.2 Å². The topological polar surface area (TPSA) is 110 Å². The molecule has 3 saturated heterocycles. The number of carboxylic acid groups (broad SMARTS) is 1. The Bertz CT molecular complexity index is 847. The first-order valence-electron chi connectivity index (χ1n) is 15.2. The molecule has 0 aromatic rings. The Morgan fingerprint density at radius 1 is 1.02 bits per heavy atom. The number of carboxylic acids is 1. The molecule has 0 bridgehead atoms. The van der Waals surface area contributed by atoms with E-state index in [2.05, 4.69) is 19.9 Å². The minimum absolute atomic E-state index is 0.0647. The van der Waals surface area contributed by atoms with Gasteiger partial charge in [0.1, 0.15) is 11.9 Å². The average molecular weight is 565 g/mol. The molecule has 0 amide bonds. The SMILES string of the molecule is CC1(C)COC([C@@H](/C=C/[C@H]2[C@H](OC3CCCCO3)CC(=O)[C@@H]2C/C=C\CCCC(=O)O)OC2CCCCO2)OC1. The van der Waals surface area contributed by atoms with Gasteiger partial charge in [-0.2, -0.15) is 0 Å². The molecule has 2 unspecified atom stereocenters. The smallest absolute Gasteiger partial charge is 0.303 e.